The molecule has 0 saturated carbocycles. The van der Waals surface area contributed by atoms with Crippen LogP contribution in [-0.4, -0.2) is 25.7 Å². The fraction of sp³-hybridized carbons (Fsp3) is 0.188. The van der Waals surface area contributed by atoms with Gasteiger partial charge in [0.1, 0.15) is 0 Å². The van der Waals surface area contributed by atoms with E-state index >= 15 is 0 Å². The maximum Gasteiger partial charge on any atom is 0.323 e. The van der Waals surface area contributed by atoms with Gasteiger partial charge in [-0.1, -0.05) is 6.07 Å². The van der Waals surface area contributed by atoms with E-state index in [9.17, 15) is 9.59 Å². The maximum atomic E-state index is 12.0. The summed E-state index contributed by atoms with van der Waals surface area (Å²) in [6.07, 6.45) is 6.69. The molecular formula is C16H17N5O2. The van der Waals surface area contributed by atoms with E-state index in [0.29, 0.717) is 0 Å². The Balaban J connectivity index is 1.69. The first-order chi connectivity index (χ1) is 11.0. The number of aromatic nitrogens is 4. The highest BCUT2D eigenvalue weighted by atomic mass is 16.1. The Hall–Kier alpha value is -3.09. The van der Waals surface area contributed by atoms with Gasteiger partial charge in [0.15, 0.2) is 0 Å². The second kappa shape index (κ2) is 5.96. The molecule has 0 aliphatic rings. The van der Waals surface area contributed by atoms with Crippen LogP contribution >= 0.6 is 0 Å². The summed E-state index contributed by atoms with van der Waals surface area (Å²) in [6, 6.07) is 5.37. The number of hydrogen-bond donors (Lipinski definition) is 3. The molecule has 118 valence electrons. The first-order valence-corrected chi connectivity index (χ1v) is 7.20. The molecule has 7 heteroatoms. The Morgan fingerprint density at radius 3 is 2.87 bits per heavy atom. The average molecular weight is 311 g/mol. The number of hydrogen-bond acceptors (Lipinski definition) is 3. The van der Waals surface area contributed by atoms with Gasteiger partial charge in [-0.15, -0.1) is 0 Å². The van der Waals surface area contributed by atoms with Crippen LogP contribution in [0.3, 0.4) is 0 Å². The van der Waals surface area contributed by atoms with Crippen molar-refractivity contribution in [1.82, 2.24) is 25.1 Å². The van der Waals surface area contributed by atoms with E-state index in [2.05, 4.69) is 20.4 Å². The molecule has 3 N–H and O–H groups in total. The zero-order valence-corrected chi connectivity index (χ0v) is 12.8. The molecular weight excluding hydrogens is 294 g/mol. The van der Waals surface area contributed by atoms with E-state index in [4.69, 9.17) is 0 Å². The Morgan fingerprint density at radius 1 is 1.35 bits per heavy atom. The average Bonchev–Trinajstić information content (AvgIpc) is 3.08. The predicted molar refractivity (Wildman–Crippen MR) is 87.7 cm³/mol. The number of rotatable bonds is 4. The SMILES string of the molecule is C[C@H](NC(=O)/C=C\c1cnn(C)c1)c1ccc2[nH]c(=O)[nH]c2c1. The lowest BCUT2D eigenvalue weighted by Gasteiger charge is -2.12. The summed E-state index contributed by atoms with van der Waals surface area (Å²) in [7, 11) is 1.82. The van der Waals surface area contributed by atoms with Gasteiger partial charge in [0.25, 0.3) is 0 Å². The van der Waals surface area contributed by atoms with Crippen molar-refractivity contribution in [3.63, 3.8) is 0 Å². The molecule has 1 atom stereocenters. The van der Waals surface area contributed by atoms with Crippen molar-refractivity contribution in [2.24, 2.45) is 7.05 Å². The minimum Gasteiger partial charge on any atom is -0.346 e. The Kier molecular flexibility index (Phi) is 3.84. The quantitative estimate of drug-likeness (QED) is 0.637. The van der Waals surface area contributed by atoms with Crippen LogP contribution < -0.4 is 11.0 Å². The molecule has 3 aromatic rings. The van der Waals surface area contributed by atoms with Gasteiger partial charge in [-0.05, 0) is 30.7 Å². The third-order valence-corrected chi connectivity index (χ3v) is 3.55. The number of nitrogens with one attached hydrogen (secondary N) is 3. The van der Waals surface area contributed by atoms with Crippen molar-refractivity contribution in [3.8, 4) is 0 Å². The van der Waals surface area contributed by atoms with Crippen molar-refractivity contribution in [1.29, 1.82) is 0 Å². The van der Waals surface area contributed by atoms with Crippen LogP contribution in [0.2, 0.25) is 0 Å². The molecule has 0 unspecified atom stereocenters. The molecule has 0 aliphatic carbocycles. The number of carbonyl (C=O) groups is 1. The van der Waals surface area contributed by atoms with Crippen molar-refractivity contribution in [2.45, 2.75) is 13.0 Å². The van der Waals surface area contributed by atoms with E-state index in [1.807, 2.05) is 38.4 Å². The Bertz CT molecular complexity index is 931. The Labute approximate surface area is 132 Å². The highest BCUT2D eigenvalue weighted by molar-refractivity contribution is 5.92. The largest absolute Gasteiger partial charge is 0.346 e. The number of carbonyl (C=O) groups excluding carboxylic acids is 1. The molecule has 0 aliphatic heterocycles. The van der Waals surface area contributed by atoms with Gasteiger partial charge in [0, 0.05) is 24.9 Å². The predicted octanol–water partition coefficient (Wildman–Crippen LogP) is 1.48. The molecule has 1 aromatic carbocycles. The lowest BCUT2D eigenvalue weighted by atomic mass is 10.1. The first-order valence-electron chi connectivity index (χ1n) is 7.20. The third-order valence-electron chi connectivity index (χ3n) is 3.55. The van der Waals surface area contributed by atoms with Gasteiger partial charge in [-0.25, -0.2) is 4.79 Å². The van der Waals surface area contributed by atoms with Gasteiger partial charge in [-0.3, -0.25) is 9.48 Å². The van der Waals surface area contributed by atoms with Crippen molar-refractivity contribution in [2.75, 3.05) is 0 Å². The Morgan fingerprint density at radius 2 is 2.13 bits per heavy atom. The normalized spacial score (nSPS) is 12.8. The van der Waals surface area contributed by atoms with Crippen molar-refractivity contribution < 1.29 is 4.79 Å². The molecule has 3 rings (SSSR count). The number of H-pyrrole nitrogens is 2. The molecule has 0 spiro atoms. The summed E-state index contributed by atoms with van der Waals surface area (Å²) in [4.78, 5) is 28.7. The number of nitrogens with zero attached hydrogens (tertiary/aromatic N) is 2. The lowest BCUT2D eigenvalue weighted by Crippen LogP contribution is -2.24. The number of aromatic amines is 2. The van der Waals surface area contributed by atoms with Crippen LogP contribution in [0.5, 0.6) is 0 Å². The second-order valence-electron chi connectivity index (χ2n) is 5.40. The molecule has 0 bridgehead atoms. The highest BCUT2D eigenvalue weighted by Crippen LogP contribution is 2.17. The van der Waals surface area contributed by atoms with Crippen LogP contribution in [0.1, 0.15) is 24.1 Å². The van der Waals surface area contributed by atoms with Gasteiger partial charge in [0.2, 0.25) is 5.91 Å². The van der Waals surface area contributed by atoms with Gasteiger partial charge in [0.05, 0.1) is 23.3 Å². The third kappa shape index (κ3) is 3.39. The molecule has 1 amide bonds. The standard InChI is InChI=1S/C16H17N5O2/c1-10(12-4-5-13-14(7-12)20-16(23)19-13)18-15(22)6-3-11-8-17-21(2)9-11/h3-10H,1-2H3,(H,18,22)(H2,19,20,23)/b6-3-/t10-/m0/s1. The maximum absolute atomic E-state index is 12.0. The second-order valence-corrected chi connectivity index (χ2v) is 5.40. The first kappa shape index (κ1) is 14.8. The van der Waals surface area contributed by atoms with Crippen LogP contribution in [0.4, 0.5) is 0 Å². The number of amides is 1. The summed E-state index contributed by atoms with van der Waals surface area (Å²) in [5.41, 5.74) is 3.00. The summed E-state index contributed by atoms with van der Waals surface area (Å²) in [5.74, 6) is -0.191. The van der Waals surface area contributed by atoms with Crippen LogP contribution in [0.15, 0.2) is 41.5 Å². The summed E-state index contributed by atoms with van der Waals surface area (Å²) < 4.78 is 1.67. The number of benzene rings is 1. The fourth-order valence-electron chi connectivity index (χ4n) is 2.36. The van der Waals surface area contributed by atoms with E-state index in [1.54, 1.807) is 17.0 Å². The molecule has 0 saturated heterocycles. The minimum absolute atomic E-state index is 0.177. The van der Waals surface area contributed by atoms with Crippen LogP contribution in [-0.2, 0) is 11.8 Å². The lowest BCUT2D eigenvalue weighted by molar-refractivity contribution is -0.117. The molecule has 2 aromatic heterocycles. The topological polar surface area (TPSA) is 95.6 Å². The summed E-state index contributed by atoms with van der Waals surface area (Å²) in [6.45, 7) is 1.89. The molecule has 0 fully saturated rings. The van der Waals surface area contributed by atoms with E-state index in [1.165, 1.54) is 6.08 Å². The fourth-order valence-corrected chi connectivity index (χ4v) is 2.36. The number of imidazole rings is 1. The molecule has 23 heavy (non-hydrogen) atoms. The van der Waals surface area contributed by atoms with Crippen molar-refractivity contribution >= 4 is 23.0 Å². The minimum atomic E-state index is -0.242. The van der Waals surface area contributed by atoms with Crippen LogP contribution in [0, 0.1) is 0 Å². The zero-order chi connectivity index (χ0) is 16.4. The monoisotopic (exact) mass is 311 g/mol. The molecule has 7 nitrogen and oxygen atoms in total. The molecule has 0 radical (unpaired) electrons. The van der Waals surface area contributed by atoms with Gasteiger partial charge in [-0.2, -0.15) is 5.10 Å². The molecule has 2 heterocycles. The van der Waals surface area contributed by atoms with E-state index < -0.39 is 0 Å². The van der Waals surface area contributed by atoms with E-state index in [0.717, 1.165) is 22.2 Å². The van der Waals surface area contributed by atoms with E-state index in [-0.39, 0.29) is 17.6 Å². The summed E-state index contributed by atoms with van der Waals surface area (Å²) in [5, 5.41) is 6.93. The number of aryl methyl sites for hydroxylation is 1. The van der Waals surface area contributed by atoms with Gasteiger partial charge >= 0.3 is 5.69 Å². The smallest absolute Gasteiger partial charge is 0.323 e. The van der Waals surface area contributed by atoms with Crippen molar-refractivity contribution in [3.05, 3.63) is 58.3 Å². The summed E-state index contributed by atoms with van der Waals surface area (Å²) >= 11 is 0. The number of fused-ring (bicyclic) bond motifs is 1. The van der Waals surface area contributed by atoms with Crippen LogP contribution in [0.25, 0.3) is 17.1 Å². The van der Waals surface area contributed by atoms with Gasteiger partial charge < -0.3 is 15.3 Å². The zero-order valence-electron chi connectivity index (χ0n) is 12.8. The highest BCUT2D eigenvalue weighted by Gasteiger charge is 2.09.